The van der Waals surface area contributed by atoms with Crippen LogP contribution in [0.15, 0.2) is 58.2 Å². The number of hydrogen-bond acceptors (Lipinski definition) is 4. The maximum atomic E-state index is 12.5. The molecule has 0 fully saturated rings. The van der Waals surface area contributed by atoms with Crippen molar-refractivity contribution in [1.29, 1.82) is 0 Å². The molecule has 3 rings (SSSR count). The van der Waals surface area contributed by atoms with E-state index >= 15 is 0 Å². The van der Waals surface area contributed by atoms with Gasteiger partial charge in [-0.3, -0.25) is 13.9 Å². The van der Waals surface area contributed by atoms with Crippen molar-refractivity contribution in [2.75, 3.05) is 5.32 Å². The number of carbonyl (C=O) groups excluding carboxylic acids is 1. The standard InChI is InChI=1S/C17H18N4O4S/c1-2-20-14-8-3-4-9-15(14)21(17(20)23)11-16(22)19-12-6-5-7-13(10-12)26(18,24)25/h3-10H,2,11H2,1H3,(H,19,22)(H2,18,24,25). The number of rotatable bonds is 5. The number of aromatic nitrogens is 2. The van der Waals surface area contributed by atoms with E-state index in [0.717, 1.165) is 5.52 Å². The van der Waals surface area contributed by atoms with Crippen molar-refractivity contribution in [2.24, 2.45) is 5.14 Å². The van der Waals surface area contributed by atoms with Crippen molar-refractivity contribution in [1.82, 2.24) is 9.13 Å². The van der Waals surface area contributed by atoms with E-state index in [9.17, 15) is 18.0 Å². The van der Waals surface area contributed by atoms with Gasteiger partial charge in [0.05, 0.1) is 15.9 Å². The van der Waals surface area contributed by atoms with Crippen LogP contribution in [0.5, 0.6) is 0 Å². The van der Waals surface area contributed by atoms with Gasteiger partial charge in [-0.15, -0.1) is 0 Å². The first-order valence-corrected chi connectivity index (χ1v) is 9.46. The van der Waals surface area contributed by atoms with Crippen LogP contribution in [0.3, 0.4) is 0 Å². The Hall–Kier alpha value is -2.91. The van der Waals surface area contributed by atoms with E-state index in [0.29, 0.717) is 12.1 Å². The van der Waals surface area contributed by atoms with Crippen molar-refractivity contribution in [3.05, 3.63) is 59.0 Å². The lowest BCUT2D eigenvalue weighted by atomic mass is 10.3. The van der Waals surface area contributed by atoms with Crippen molar-refractivity contribution in [3.63, 3.8) is 0 Å². The number of nitrogens with one attached hydrogen (secondary N) is 1. The summed E-state index contributed by atoms with van der Waals surface area (Å²) < 4.78 is 25.8. The number of aryl methyl sites for hydroxylation is 1. The van der Waals surface area contributed by atoms with Crippen LogP contribution < -0.4 is 16.1 Å². The van der Waals surface area contributed by atoms with Crippen LogP contribution in [0.4, 0.5) is 5.69 Å². The summed E-state index contributed by atoms with van der Waals surface area (Å²) in [5, 5.41) is 7.69. The number of primary sulfonamides is 1. The van der Waals surface area contributed by atoms with Crippen molar-refractivity contribution < 1.29 is 13.2 Å². The summed E-state index contributed by atoms with van der Waals surface area (Å²) in [6.07, 6.45) is 0. The minimum atomic E-state index is -3.87. The molecule has 0 aliphatic heterocycles. The molecule has 8 nitrogen and oxygen atoms in total. The Bertz CT molecular complexity index is 1150. The SMILES string of the molecule is CCn1c(=O)n(CC(=O)Nc2cccc(S(N)(=O)=O)c2)c2ccccc21. The number of carbonyl (C=O) groups is 1. The van der Waals surface area contributed by atoms with Crippen LogP contribution in [0.25, 0.3) is 11.0 Å². The molecule has 136 valence electrons. The molecule has 0 atom stereocenters. The van der Waals surface area contributed by atoms with E-state index in [1.165, 1.54) is 22.8 Å². The predicted molar refractivity (Wildman–Crippen MR) is 98.3 cm³/mol. The van der Waals surface area contributed by atoms with Gasteiger partial charge in [0.25, 0.3) is 0 Å². The van der Waals surface area contributed by atoms with Gasteiger partial charge < -0.3 is 5.32 Å². The fourth-order valence-corrected chi connectivity index (χ4v) is 3.39. The summed E-state index contributed by atoms with van der Waals surface area (Å²) >= 11 is 0. The number of amides is 1. The molecule has 0 unspecified atom stereocenters. The van der Waals surface area contributed by atoms with E-state index in [2.05, 4.69) is 5.32 Å². The smallest absolute Gasteiger partial charge is 0.324 e. The van der Waals surface area contributed by atoms with Gasteiger partial charge in [0.1, 0.15) is 6.54 Å². The minimum absolute atomic E-state index is 0.102. The van der Waals surface area contributed by atoms with Crippen molar-refractivity contribution in [3.8, 4) is 0 Å². The van der Waals surface area contributed by atoms with Gasteiger partial charge in [0.15, 0.2) is 0 Å². The third-order valence-electron chi connectivity index (χ3n) is 3.99. The predicted octanol–water partition coefficient (Wildman–Crippen LogP) is 1.11. The second-order valence-electron chi connectivity index (χ2n) is 5.72. The average Bonchev–Trinajstić information content (AvgIpc) is 2.86. The lowest BCUT2D eigenvalue weighted by Crippen LogP contribution is -2.29. The zero-order chi connectivity index (χ0) is 18.9. The second kappa shape index (κ2) is 6.77. The monoisotopic (exact) mass is 374 g/mol. The van der Waals surface area contributed by atoms with Gasteiger partial charge in [-0.05, 0) is 37.3 Å². The number of benzene rings is 2. The summed E-state index contributed by atoms with van der Waals surface area (Å²) in [6, 6.07) is 12.9. The summed E-state index contributed by atoms with van der Waals surface area (Å²) in [6.45, 7) is 2.16. The first-order valence-electron chi connectivity index (χ1n) is 7.92. The maximum absolute atomic E-state index is 12.5. The van der Waals surface area contributed by atoms with Crippen LogP contribution in [0.2, 0.25) is 0 Å². The quantitative estimate of drug-likeness (QED) is 0.696. The van der Waals surface area contributed by atoms with Gasteiger partial charge in [0.2, 0.25) is 15.9 Å². The number of sulfonamides is 1. The molecule has 0 saturated heterocycles. The Balaban J connectivity index is 1.89. The Labute approximate surface area is 149 Å². The molecule has 1 heterocycles. The molecule has 26 heavy (non-hydrogen) atoms. The molecule has 3 N–H and O–H groups in total. The van der Waals surface area contributed by atoms with Crippen LogP contribution in [0, 0.1) is 0 Å². The Morgan fingerprint density at radius 1 is 1.08 bits per heavy atom. The average molecular weight is 374 g/mol. The first kappa shape index (κ1) is 17.9. The van der Waals surface area contributed by atoms with Crippen LogP contribution in [0.1, 0.15) is 6.92 Å². The molecule has 2 aromatic carbocycles. The molecule has 0 aliphatic rings. The highest BCUT2D eigenvalue weighted by molar-refractivity contribution is 7.89. The van der Waals surface area contributed by atoms with Crippen LogP contribution >= 0.6 is 0 Å². The topological polar surface area (TPSA) is 116 Å². The zero-order valence-electron chi connectivity index (χ0n) is 14.0. The van der Waals surface area contributed by atoms with E-state index < -0.39 is 15.9 Å². The first-order chi connectivity index (χ1) is 12.3. The molecule has 9 heteroatoms. The molecule has 1 amide bonds. The molecular formula is C17H18N4O4S. The van der Waals surface area contributed by atoms with Crippen molar-refractivity contribution >= 4 is 32.7 Å². The maximum Gasteiger partial charge on any atom is 0.329 e. The minimum Gasteiger partial charge on any atom is -0.324 e. The largest absolute Gasteiger partial charge is 0.329 e. The number of anilines is 1. The number of imidazole rings is 1. The van der Waals surface area contributed by atoms with Gasteiger partial charge in [-0.25, -0.2) is 18.4 Å². The van der Waals surface area contributed by atoms with E-state index in [4.69, 9.17) is 5.14 Å². The number of para-hydroxylation sites is 2. The lowest BCUT2D eigenvalue weighted by molar-refractivity contribution is -0.116. The number of nitrogens with zero attached hydrogens (tertiary/aromatic N) is 2. The number of nitrogens with two attached hydrogens (primary N) is 1. The van der Waals surface area contributed by atoms with E-state index in [1.54, 1.807) is 22.8 Å². The van der Waals surface area contributed by atoms with Crippen LogP contribution in [-0.4, -0.2) is 23.5 Å². The highest BCUT2D eigenvalue weighted by atomic mass is 32.2. The van der Waals surface area contributed by atoms with Crippen molar-refractivity contribution in [2.45, 2.75) is 24.9 Å². The fraction of sp³-hybridized carbons (Fsp3) is 0.176. The molecule has 3 aromatic rings. The van der Waals surface area contributed by atoms with Crippen LogP contribution in [-0.2, 0) is 27.9 Å². The Morgan fingerprint density at radius 2 is 1.73 bits per heavy atom. The third kappa shape index (κ3) is 3.39. The third-order valence-corrected chi connectivity index (χ3v) is 4.90. The highest BCUT2D eigenvalue weighted by Gasteiger charge is 2.15. The van der Waals surface area contributed by atoms with E-state index in [-0.39, 0.29) is 22.8 Å². The molecule has 0 bridgehead atoms. The highest BCUT2D eigenvalue weighted by Crippen LogP contribution is 2.15. The van der Waals surface area contributed by atoms with Gasteiger partial charge in [-0.2, -0.15) is 0 Å². The Morgan fingerprint density at radius 3 is 2.35 bits per heavy atom. The van der Waals surface area contributed by atoms with Gasteiger partial charge >= 0.3 is 5.69 Å². The number of fused-ring (bicyclic) bond motifs is 1. The lowest BCUT2D eigenvalue weighted by Gasteiger charge is -2.07. The van der Waals surface area contributed by atoms with E-state index in [1.807, 2.05) is 19.1 Å². The summed E-state index contributed by atoms with van der Waals surface area (Å²) in [5.41, 5.74) is 1.42. The molecule has 0 aliphatic carbocycles. The normalized spacial score (nSPS) is 11.6. The summed E-state index contributed by atoms with van der Waals surface area (Å²) in [7, 11) is -3.87. The molecule has 0 radical (unpaired) electrons. The molecule has 0 saturated carbocycles. The van der Waals surface area contributed by atoms with Gasteiger partial charge in [0, 0.05) is 12.2 Å². The molecular weight excluding hydrogens is 356 g/mol. The fourth-order valence-electron chi connectivity index (χ4n) is 2.83. The number of hydrogen-bond donors (Lipinski definition) is 2. The van der Waals surface area contributed by atoms with Gasteiger partial charge in [-0.1, -0.05) is 18.2 Å². The summed E-state index contributed by atoms with van der Waals surface area (Å²) in [4.78, 5) is 24.8. The Kier molecular flexibility index (Phi) is 4.66. The molecule has 1 aromatic heterocycles. The molecule has 0 spiro atoms. The zero-order valence-corrected chi connectivity index (χ0v) is 14.9. The summed E-state index contributed by atoms with van der Waals surface area (Å²) in [5.74, 6) is -0.447. The second-order valence-corrected chi connectivity index (χ2v) is 7.28.